The molecule has 1 aromatic carbocycles. The van der Waals surface area contributed by atoms with Crippen molar-refractivity contribution < 1.29 is 4.39 Å². The van der Waals surface area contributed by atoms with Crippen molar-refractivity contribution in [3.63, 3.8) is 0 Å². The Labute approximate surface area is 108 Å². The van der Waals surface area contributed by atoms with E-state index in [1.54, 1.807) is 0 Å². The molecule has 98 valence electrons. The van der Waals surface area contributed by atoms with E-state index in [2.05, 4.69) is 10.6 Å². The number of hydrogen-bond donors (Lipinski definition) is 2. The van der Waals surface area contributed by atoms with E-state index in [9.17, 15) is 4.39 Å². The zero-order valence-corrected chi connectivity index (χ0v) is 10.7. The molecule has 0 aromatic heterocycles. The molecule has 3 unspecified atom stereocenters. The van der Waals surface area contributed by atoms with Crippen molar-refractivity contribution >= 4 is 5.69 Å². The van der Waals surface area contributed by atoms with Gasteiger partial charge in [0.25, 0.3) is 0 Å². The summed E-state index contributed by atoms with van der Waals surface area (Å²) in [4.78, 5) is 0. The molecule has 3 atom stereocenters. The van der Waals surface area contributed by atoms with Crippen LogP contribution < -0.4 is 10.6 Å². The van der Waals surface area contributed by atoms with Crippen LogP contribution in [0.1, 0.15) is 32.1 Å². The summed E-state index contributed by atoms with van der Waals surface area (Å²) >= 11 is 0. The van der Waals surface area contributed by atoms with Gasteiger partial charge in [-0.25, -0.2) is 4.39 Å². The van der Waals surface area contributed by atoms with Crippen molar-refractivity contribution in [1.82, 2.24) is 5.32 Å². The Morgan fingerprint density at radius 3 is 2.61 bits per heavy atom. The van der Waals surface area contributed by atoms with Gasteiger partial charge in [-0.2, -0.15) is 0 Å². The van der Waals surface area contributed by atoms with Crippen LogP contribution >= 0.6 is 0 Å². The number of nitrogens with one attached hydrogen (secondary N) is 2. The second-order valence-corrected chi connectivity index (χ2v) is 5.56. The van der Waals surface area contributed by atoms with Crippen molar-refractivity contribution in [2.45, 2.75) is 44.2 Å². The number of rotatable bonds is 3. The third-order valence-corrected chi connectivity index (χ3v) is 4.38. The molecule has 2 nitrogen and oxygen atoms in total. The van der Waals surface area contributed by atoms with Crippen LogP contribution in [0.3, 0.4) is 0 Å². The average molecular weight is 248 g/mol. The summed E-state index contributed by atoms with van der Waals surface area (Å²) in [5.41, 5.74) is 1.05. The molecule has 18 heavy (non-hydrogen) atoms. The van der Waals surface area contributed by atoms with E-state index in [-0.39, 0.29) is 5.82 Å². The van der Waals surface area contributed by atoms with Gasteiger partial charge in [0.2, 0.25) is 0 Å². The van der Waals surface area contributed by atoms with E-state index in [0.29, 0.717) is 12.1 Å². The minimum atomic E-state index is -0.166. The van der Waals surface area contributed by atoms with Gasteiger partial charge in [-0.15, -0.1) is 0 Å². The van der Waals surface area contributed by atoms with E-state index in [1.165, 1.54) is 50.8 Å². The molecule has 1 saturated heterocycles. The Bertz CT molecular complexity index is 384. The van der Waals surface area contributed by atoms with Crippen LogP contribution in [0.5, 0.6) is 0 Å². The van der Waals surface area contributed by atoms with Gasteiger partial charge in [-0.1, -0.05) is 6.42 Å². The highest BCUT2D eigenvalue weighted by Crippen LogP contribution is 2.33. The Hall–Kier alpha value is -1.09. The van der Waals surface area contributed by atoms with Crippen molar-refractivity contribution in [3.05, 3.63) is 30.1 Å². The van der Waals surface area contributed by atoms with Crippen molar-refractivity contribution in [2.75, 3.05) is 11.9 Å². The fraction of sp³-hybridized carbons (Fsp3) is 0.600. The molecule has 1 heterocycles. The minimum absolute atomic E-state index is 0.166. The Balaban J connectivity index is 1.65. The zero-order chi connectivity index (χ0) is 12.4. The van der Waals surface area contributed by atoms with Gasteiger partial charge in [0.1, 0.15) is 5.82 Å². The molecule has 3 rings (SSSR count). The van der Waals surface area contributed by atoms with E-state index in [0.717, 1.165) is 11.6 Å². The van der Waals surface area contributed by atoms with Crippen LogP contribution in [0, 0.1) is 11.7 Å². The van der Waals surface area contributed by atoms with E-state index >= 15 is 0 Å². The van der Waals surface area contributed by atoms with Crippen molar-refractivity contribution in [2.24, 2.45) is 5.92 Å². The summed E-state index contributed by atoms with van der Waals surface area (Å²) in [6.07, 6.45) is 6.48. The fourth-order valence-electron chi connectivity index (χ4n) is 3.49. The topological polar surface area (TPSA) is 24.1 Å². The molecule has 0 amide bonds. The van der Waals surface area contributed by atoms with Gasteiger partial charge in [0, 0.05) is 17.8 Å². The molecule has 3 heteroatoms. The normalized spacial score (nSPS) is 31.7. The van der Waals surface area contributed by atoms with Gasteiger partial charge in [-0.3, -0.25) is 0 Å². The quantitative estimate of drug-likeness (QED) is 0.858. The van der Waals surface area contributed by atoms with Crippen molar-refractivity contribution in [3.8, 4) is 0 Å². The fourth-order valence-corrected chi connectivity index (χ4v) is 3.49. The van der Waals surface area contributed by atoms with Crippen LogP contribution in [0.4, 0.5) is 10.1 Å². The first-order valence-corrected chi connectivity index (χ1v) is 7.08. The molecule has 1 aliphatic carbocycles. The second kappa shape index (κ2) is 5.27. The van der Waals surface area contributed by atoms with Gasteiger partial charge in [0.15, 0.2) is 0 Å². The predicted molar refractivity (Wildman–Crippen MR) is 72.2 cm³/mol. The van der Waals surface area contributed by atoms with Gasteiger partial charge >= 0.3 is 0 Å². The molecule has 2 fully saturated rings. The second-order valence-electron chi connectivity index (χ2n) is 5.56. The first-order valence-electron chi connectivity index (χ1n) is 7.08. The zero-order valence-electron chi connectivity index (χ0n) is 10.7. The molecular formula is C15H21FN2. The first-order chi connectivity index (χ1) is 8.83. The minimum Gasteiger partial charge on any atom is -0.382 e. The Morgan fingerprint density at radius 2 is 1.89 bits per heavy atom. The molecule has 1 saturated carbocycles. The smallest absolute Gasteiger partial charge is 0.123 e. The first kappa shape index (κ1) is 12.0. The summed E-state index contributed by atoms with van der Waals surface area (Å²) < 4.78 is 12.9. The maximum absolute atomic E-state index is 12.9. The molecule has 1 aromatic rings. The maximum Gasteiger partial charge on any atom is 0.123 e. The lowest BCUT2D eigenvalue weighted by Crippen LogP contribution is -2.38. The van der Waals surface area contributed by atoms with E-state index < -0.39 is 0 Å². The predicted octanol–water partition coefficient (Wildman–Crippen LogP) is 3.16. The van der Waals surface area contributed by atoms with Gasteiger partial charge < -0.3 is 10.6 Å². The molecule has 1 aliphatic heterocycles. The standard InChI is InChI=1S/C15H21FN2/c16-11-6-8-12(9-7-11)18-15-4-1-3-13(15)14-5-2-10-17-14/h6-9,13-15,17-18H,1-5,10H2. The highest BCUT2D eigenvalue weighted by atomic mass is 19.1. The molecule has 0 radical (unpaired) electrons. The third-order valence-electron chi connectivity index (χ3n) is 4.38. The summed E-state index contributed by atoms with van der Waals surface area (Å²) in [5, 5.41) is 7.21. The molecule has 2 N–H and O–H groups in total. The number of hydrogen-bond acceptors (Lipinski definition) is 2. The Kier molecular flexibility index (Phi) is 3.50. The SMILES string of the molecule is Fc1ccc(NC2CCCC2C2CCCN2)cc1. The number of halogens is 1. The average Bonchev–Trinajstić information content (AvgIpc) is 3.02. The van der Waals surface area contributed by atoms with Crippen LogP contribution in [0.25, 0.3) is 0 Å². The lowest BCUT2D eigenvalue weighted by Gasteiger charge is -2.27. The van der Waals surface area contributed by atoms with E-state index in [1.807, 2.05) is 12.1 Å². The third kappa shape index (κ3) is 2.51. The lowest BCUT2D eigenvalue weighted by atomic mass is 9.93. The van der Waals surface area contributed by atoms with Gasteiger partial charge in [0.05, 0.1) is 0 Å². The van der Waals surface area contributed by atoms with E-state index in [4.69, 9.17) is 0 Å². The van der Waals surface area contributed by atoms with Crippen LogP contribution in [0.15, 0.2) is 24.3 Å². The highest BCUT2D eigenvalue weighted by Gasteiger charge is 2.34. The maximum atomic E-state index is 12.9. The molecule has 2 aliphatic rings. The number of benzene rings is 1. The highest BCUT2D eigenvalue weighted by molar-refractivity contribution is 5.44. The van der Waals surface area contributed by atoms with Gasteiger partial charge in [-0.05, 0) is 62.4 Å². The lowest BCUT2D eigenvalue weighted by molar-refractivity contribution is 0.376. The van der Waals surface area contributed by atoms with Crippen molar-refractivity contribution in [1.29, 1.82) is 0 Å². The monoisotopic (exact) mass is 248 g/mol. The molecule has 0 spiro atoms. The summed E-state index contributed by atoms with van der Waals surface area (Å²) in [5.74, 6) is 0.568. The summed E-state index contributed by atoms with van der Waals surface area (Å²) in [6, 6.07) is 7.97. The molecular weight excluding hydrogens is 227 g/mol. The summed E-state index contributed by atoms with van der Waals surface area (Å²) in [7, 11) is 0. The molecule has 0 bridgehead atoms. The summed E-state index contributed by atoms with van der Waals surface area (Å²) in [6.45, 7) is 1.17. The van der Waals surface area contributed by atoms with Crippen LogP contribution in [0.2, 0.25) is 0 Å². The van der Waals surface area contributed by atoms with Crippen LogP contribution in [-0.4, -0.2) is 18.6 Å². The largest absolute Gasteiger partial charge is 0.382 e. The Morgan fingerprint density at radius 1 is 1.06 bits per heavy atom. The number of anilines is 1. The van der Waals surface area contributed by atoms with Crippen LogP contribution in [-0.2, 0) is 0 Å².